The van der Waals surface area contributed by atoms with Gasteiger partial charge in [-0.2, -0.15) is 0 Å². The average molecular weight is 356 g/mol. The molecule has 0 saturated heterocycles. The molecule has 1 heterocycles. The normalized spacial score (nSPS) is 10.5. The fraction of sp³-hybridized carbons (Fsp3) is 0.316. The van der Waals surface area contributed by atoms with E-state index in [4.69, 9.17) is 0 Å². The van der Waals surface area contributed by atoms with Crippen molar-refractivity contribution in [3.63, 3.8) is 0 Å². The molecule has 25 heavy (non-hydrogen) atoms. The average Bonchev–Trinajstić information content (AvgIpc) is 3.02. The smallest absolute Gasteiger partial charge is 0.233 e. The Morgan fingerprint density at radius 2 is 2.00 bits per heavy atom. The van der Waals surface area contributed by atoms with Crippen molar-refractivity contribution in [3.05, 3.63) is 55.1 Å². The zero-order valence-corrected chi connectivity index (χ0v) is 15.6. The number of hydrogen-bond donors (Lipinski definition) is 0. The second-order valence-electron chi connectivity index (χ2n) is 5.58. The van der Waals surface area contributed by atoms with Gasteiger partial charge in [0.15, 0.2) is 11.0 Å². The number of benzene rings is 1. The highest BCUT2D eigenvalue weighted by Crippen LogP contribution is 2.24. The predicted molar refractivity (Wildman–Crippen MR) is 104 cm³/mol. The van der Waals surface area contributed by atoms with Crippen LogP contribution < -0.4 is 0 Å². The molecule has 0 spiro atoms. The number of aryl methyl sites for hydroxylation is 1. The summed E-state index contributed by atoms with van der Waals surface area (Å²) in [6.07, 6.45) is 3.44. The summed E-state index contributed by atoms with van der Waals surface area (Å²) in [6, 6.07) is 8.18. The highest BCUT2D eigenvalue weighted by molar-refractivity contribution is 7.99. The molecule has 2 aromatic rings. The van der Waals surface area contributed by atoms with Crippen LogP contribution in [-0.2, 0) is 11.3 Å². The molecule has 0 fully saturated rings. The van der Waals surface area contributed by atoms with E-state index in [1.807, 2.05) is 16.7 Å². The van der Waals surface area contributed by atoms with E-state index < -0.39 is 0 Å². The fourth-order valence-corrected chi connectivity index (χ4v) is 3.39. The van der Waals surface area contributed by atoms with Gasteiger partial charge < -0.3 is 9.47 Å². The fourth-order valence-electron chi connectivity index (χ4n) is 2.49. The summed E-state index contributed by atoms with van der Waals surface area (Å²) in [7, 11) is 0. The van der Waals surface area contributed by atoms with Crippen LogP contribution in [0.15, 0.2) is 54.7 Å². The summed E-state index contributed by atoms with van der Waals surface area (Å²) >= 11 is 1.41. The Kier molecular flexibility index (Phi) is 7.01. The molecule has 1 aromatic carbocycles. The first-order valence-electron chi connectivity index (χ1n) is 8.23. The third kappa shape index (κ3) is 4.82. The number of rotatable bonds is 9. The van der Waals surface area contributed by atoms with Crippen LogP contribution >= 0.6 is 11.8 Å². The number of aromatic nitrogens is 3. The van der Waals surface area contributed by atoms with E-state index in [2.05, 4.69) is 49.3 Å². The molecule has 5 nitrogen and oxygen atoms in total. The molecule has 0 aliphatic heterocycles. The van der Waals surface area contributed by atoms with Crippen molar-refractivity contribution >= 4 is 17.7 Å². The van der Waals surface area contributed by atoms with Crippen molar-refractivity contribution < 1.29 is 4.79 Å². The molecule has 132 valence electrons. The Morgan fingerprint density at radius 3 is 2.60 bits per heavy atom. The molecule has 0 unspecified atom stereocenters. The molecule has 0 bridgehead atoms. The lowest BCUT2D eigenvalue weighted by molar-refractivity contribution is -0.127. The van der Waals surface area contributed by atoms with Crippen molar-refractivity contribution in [1.29, 1.82) is 0 Å². The molecule has 0 aliphatic carbocycles. The SMILES string of the molecule is C=CCN(CC=C)C(=O)CSc1nnc(-c2cccc(C)c2)n1CC. The Hall–Kier alpha value is -2.34. The maximum absolute atomic E-state index is 12.4. The van der Waals surface area contributed by atoms with Crippen molar-refractivity contribution in [2.75, 3.05) is 18.8 Å². The number of nitrogens with zero attached hydrogens (tertiary/aromatic N) is 4. The Balaban J connectivity index is 2.14. The first-order chi connectivity index (χ1) is 12.1. The Morgan fingerprint density at radius 1 is 1.28 bits per heavy atom. The number of hydrogen-bond acceptors (Lipinski definition) is 4. The van der Waals surface area contributed by atoms with E-state index in [9.17, 15) is 4.79 Å². The van der Waals surface area contributed by atoms with Gasteiger partial charge in [0.05, 0.1) is 5.75 Å². The largest absolute Gasteiger partial charge is 0.335 e. The minimum atomic E-state index is 0.0348. The first kappa shape index (κ1) is 19.0. The van der Waals surface area contributed by atoms with Gasteiger partial charge in [0, 0.05) is 25.2 Å². The molecule has 6 heteroatoms. The van der Waals surface area contributed by atoms with E-state index in [0.29, 0.717) is 18.8 Å². The topological polar surface area (TPSA) is 51.0 Å². The highest BCUT2D eigenvalue weighted by Gasteiger charge is 2.16. The van der Waals surface area contributed by atoms with E-state index >= 15 is 0 Å². The lowest BCUT2D eigenvalue weighted by atomic mass is 10.1. The quantitative estimate of drug-likeness (QED) is 0.509. The summed E-state index contributed by atoms with van der Waals surface area (Å²) in [4.78, 5) is 14.1. The second-order valence-corrected chi connectivity index (χ2v) is 6.53. The van der Waals surface area contributed by atoms with Gasteiger partial charge in [-0.15, -0.1) is 23.4 Å². The van der Waals surface area contributed by atoms with Crippen molar-refractivity contribution in [3.8, 4) is 11.4 Å². The monoisotopic (exact) mass is 356 g/mol. The molecule has 0 atom stereocenters. The first-order valence-corrected chi connectivity index (χ1v) is 9.21. The van der Waals surface area contributed by atoms with Crippen LogP contribution in [0.3, 0.4) is 0 Å². The number of amides is 1. The molecule has 1 amide bonds. The Labute approximate surface area is 153 Å². The van der Waals surface area contributed by atoms with Crippen molar-refractivity contribution in [2.24, 2.45) is 0 Å². The summed E-state index contributed by atoms with van der Waals surface area (Å²) < 4.78 is 2.04. The lowest BCUT2D eigenvalue weighted by Gasteiger charge is -2.18. The van der Waals surface area contributed by atoms with Crippen LogP contribution in [0.25, 0.3) is 11.4 Å². The van der Waals surface area contributed by atoms with Crippen molar-refractivity contribution in [1.82, 2.24) is 19.7 Å². The van der Waals surface area contributed by atoms with Gasteiger partial charge in [-0.1, -0.05) is 47.7 Å². The summed E-state index contributed by atoms with van der Waals surface area (Å²) in [5.74, 6) is 1.18. The van der Waals surface area contributed by atoms with Gasteiger partial charge in [-0.3, -0.25) is 4.79 Å². The molecule has 1 aromatic heterocycles. The lowest BCUT2D eigenvalue weighted by Crippen LogP contribution is -2.32. The van der Waals surface area contributed by atoms with E-state index in [1.54, 1.807) is 17.1 Å². The molecular weight excluding hydrogens is 332 g/mol. The summed E-state index contributed by atoms with van der Waals surface area (Å²) in [5, 5.41) is 9.36. The van der Waals surface area contributed by atoms with E-state index in [-0.39, 0.29) is 5.91 Å². The maximum atomic E-state index is 12.4. The Bertz CT molecular complexity index is 744. The van der Waals surface area contributed by atoms with Gasteiger partial charge in [0.25, 0.3) is 0 Å². The van der Waals surface area contributed by atoms with Gasteiger partial charge in [-0.25, -0.2) is 0 Å². The predicted octanol–water partition coefficient (Wildman–Crippen LogP) is 3.57. The molecule has 0 radical (unpaired) electrons. The zero-order valence-electron chi connectivity index (χ0n) is 14.8. The number of carbonyl (C=O) groups excluding carboxylic acids is 1. The van der Waals surface area contributed by atoms with Crippen LogP contribution in [0, 0.1) is 6.92 Å². The van der Waals surface area contributed by atoms with Crippen molar-refractivity contribution in [2.45, 2.75) is 25.5 Å². The second kappa shape index (κ2) is 9.22. The third-order valence-electron chi connectivity index (χ3n) is 3.69. The van der Waals surface area contributed by atoms with E-state index in [0.717, 1.165) is 23.1 Å². The minimum absolute atomic E-state index is 0.0348. The molecule has 0 aliphatic rings. The van der Waals surface area contributed by atoms with Crippen LogP contribution in [0.5, 0.6) is 0 Å². The molecule has 0 saturated carbocycles. The molecule has 0 N–H and O–H groups in total. The van der Waals surface area contributed by atoms with Crippen LogP contribution in [-0.4, -0.2) is 44.4 Å². The van der Waals surface area contributed by atoms with Crippen LogP contribution in [0.4, 0.5) is 0 Å². The minimum Gasteiger partial charge on any atom is -0.335 e. The molecule has 2 rings (SSSR count). The third-order valence-corrected chi connectivity index (χ3v) is 4.64. The van der Waals surface area contributed by atoms with Crippen LogP contribution in [0.2, 0.25) is 0 Å². The van der Waals surface area contributed by atoms with Gasteiger partial charge in [0.1, 0.15) is 0 Å². The standard InChI is InChI=1S/C19H24N4OS/c1-5-11-22(12-6-2)17(24)14-25-19-21-20-18(23(19)7-3)16-10-8-9-15(4)13-16/h5-6,8-10,13H,1-2,7,11-12,14H2,3-4H3. The summed E-state index contributed by atoms with van der Waals surface area (Å²) in [6.45, 7) is 13.3. The number of carbonyl (C=O) groups is 1. The van der Waals surface area contributed by atoms with E-state index in [1.165, 1.54) is 17.3 Å². The number of thioether (sulfide) groups is 1. The van der Waals surface area contributed by atoms with Gasteiger partial charge in [0.2, 0.25) is 5.91 Å². The molecular formula is C19H24N4OS. The highest BCUT2D eigenvalue weighted by atomic mass is 32.2. The van der Waals surface area contributed by atoms with Gasteiger partial charge >= 0.3 is 0 Å². The van der Waals surface area contributed by atoms with Gasteiger partial charge in [-0.05, 0) is 19.9 Å². The maximum Gasteiger partial charge on any atom is 0.233 e. The summed E-state index contributed by atoms with van der Waals surface area (Å²) in [5.41, 5.74) is 2.21. The zero-order chi connectivity index (χ0) is 18.2. The van der Waals surface area contributed by atoms with Crippen LogP contribution in [0.1, 0.15) is 12.5 Å².